The van der Waals surface area contributed by atoms with Crippen LogP contribution < -0.4 is 9.47 Å². The van der Waals surface area contributed by atoms with Gasteiger partial charge in [-0.3, -0.25) is 4.79 Å². The first-order chi connectivity index (χ1) is 11.9. The van der Waals surface area contributed by atoms with E-state index in [2.05, 4.69) is 27.7 Å². The van der Waals surface area contributed by atoms with Crippen LogP contribution in [0.15, 0.2) is 23.8 Å². The minimum Gasteiger partial charge on any atom is -0.493 e. The van der Waals surface area contributed by atoms with E-state index in [4.69, 9.17) is 9.47 Å². The number of hydrogen-bond donors (Lipinski definition) is 0. The van der Waals surface area contributed by atoms with Crippen molar-refractivity contribution in [2.45, 2.75) is 20.8 Å². The number of nitriles is 1. The average molecular weight is 451 g/mol. The van der Waals surface area contributed by atoms with Crippen LogP contribution in [-0.2, 0) is 0 Å². The lowest BCUT2D eigenvalue weighted by atomic mass is 10.1. The van der Waals surface area contributed by atoms with Gasteiger partial charge in [-0.25, -0.2) is 4.68 Å². The molecule has 1 heterocycles. The van der Waals surface area contributed by atoms with Gasteiger partial charge in [-0.1, -0.05) is 0 Å². The summed E-state index contributed by atoms with van der Waals surface area (Å²) in [5, 5.41) is 13.6. The second kappa shape index (κ2) is 8.16. The molecule has 0 radical (unpaired) electrons. The molecule has 0 aliphatic rings. The molecule has 7 heteroatoms. The molecule has 0 spiro atoms. The molecular weight excluding hydrogens is 433 g/mol. The summed E-state index contributed by atoms with van der Waals surface area (Å²) in [5.74, 6) is 0.734. The fraction of sp³-hybridized carbons (Fsp3) is 0.278. The normalized spacial score (nSPS) is 11.1. The average Bonchev–Trinajstić information content (AvgIpc) is 2.92. The van der Waals surface area contributed by atoms with Crippen molar-refractivity contribution in [2.24, 2.45) is 0 Å². The Bertz CT molecular complexity index is 878. The third kappa shape index (κ3) is 4.20. The first-order valence-corrected chi connectivity index (χ1v) is 8.69. The number of nitrogens with zero attached hydrogens (tertiary/aromatic N) is 3. The number of benzene rings is 1. The van der Waals surface area contributed by atoms with E-state index < -0.39 is 5.91 Å². The highest BCUT2D eigenvalue weighted by atomic mass is 127. The molecule has 130 valence electrons. The van der Waals surface area contributed by atoms with Crippen molar-refractivity contribution in [1.82, 2.24) is 9.78 Å². The monoisotopic (exact) mass is 451 g/mol. The van der Waals surface area contributed by atoms with Crippen LogP contribution in [0, 0.1) is 28.7 Å². The molecule has 0 atom stereocenters. The van der Waals surface area contributed by atoms with Gasteiger partial charge in [-0.15, -0.1) is 0 Å². The molecule has 0 unspecified atom stereocenters. The molecule has 1 aromatic heterocycles. The van der Waals surface area contributed by atoms with Crippen molar-refractivity contribution in [2.75, 3.05) is 13.7 Å². The lowest BCUT2D eigenvalue weighted by Gasteiger charge is -2.12. The molecule has 0 N–H and O–H groups in total. The second-order valence-electron chi connectivity index (χ2n) is 5.28. The van der Waals surface area contributed by atoms with Crippen LogP contribution in [-0.4, -0.2) is 29.4 Å². The standard InChI is InChI=1S/C18H18IN3O3/c1-5-25-17-15(19)8-13(9-16(17)24-4)7-14(10-20)18(23)22-12(3)6-11(2)21-22/h6-9H,5H2,1-4H3/b14-7+. The maximum Gasteiger partial charge on any atom is 0.289 e. The van der Waals surface area contributed by atoms with Gasteiger partial charge >= 0.3 is 0 Å². The van der Waals surface area contributed by atoms with Crippen molar-refractivity contribution >= 4 is 34.6 Å². The van der Waals surface area contributed by atoms with Gasteiger partial charge in [-0.2, -0.15) is 10.4 Å². The lowest BCUT2D eigenvalue weighted by molar-refractivity contribution is 0.0943. The van der Waals surface area contributed by atoms with Crippen LogP contribution in [0.25, 0.3) is 6.08 Å². The number of allylic oxidation sites excluding steroid dienone is 1. The number of methoxy groups -OCH3 is 1. The molecule has 0 saturated heterocycles. The van der Waals surface area contributed by atoms with Gasteiger partial charge in [0, 0.05) is 5.69 Å². The fourth-order valence-corrected chi connectivity index (χ4v) is 3.15. The number of halogens is 1. The maximum absolute atomic E-state index is 12.6. The molecule has 0 fully saturated rings. The summed E-state index contributed by atoms with van der Waals surface area (Å²) in [5.41, 5.74) is 2.08. The van der Waals surface area contributed by atoms with E-state index in [0.29, 0.717) is 29.4 Å². The van der Waals surface area contributed by atoms with Crippen molar-refractivity contribution in [3.63, 3.8) is 0 Å². The molecule has 0 aliphatic heterocycles. The number of ether oxygens (including phenoxy) is 2. The Morgan fingerprint density at radius 2 is 2.12 bits per heavy atom. The molecule has 6 nitrogen and oxygen atoms in total. The summed E-state index contributed by atoms with van der Waals surface area (Å²) in [6.07, 6.45) is 1.53. The van der Waals surface area contributed by atoms with Crippen LogP contribution in [0.2, 0.25) is 0 Å². The summed E-state index contributed by atoms with van der Waals surface area (Å²) < 4.78 is 13.0. The molecule has 1 aromatic carbocycles. The Balaban J connectivity index is 2.46. The highest BCUT2D eigenvalue weighted by molar-refractivity contribution is 14.1. The summed E-state index contributed by atoms with van der Waals surface area (Å²) in [4.78, 5) is 12.6. The second-order valence-corrected chi connectivity index (χ2v) is 6.44. The number of carbonyl (C=O) groups excluding carboxylic acids is 1. The van der Waals surface area contributed by atoms with Gasteiger partial charge in [0.1, 0.15) is 11.6 Å². The van der Waals surface area contributed by atoms with Crippen LogP contribution >= 0.6 is 22.6 Å². The summed E-state index contributed by atoms with van der Waals surface area (Å²) in [7, 11) is 1.55. The van der Waals surface area contributed by atoms with Gasteiger partial charge in [0.05, 0.1) is 23.0 Å². The van der Waals surface area contributed by atoms with Gasteiger partial charge in [-0.05, 0) is 73.2 Å². The van der Waals surface area contributed by atoms with Crippen molar-refractivity contribution in [1.29, 1.82) is 5.26 Å². The molecule has 0 saturated carbocycles. The SMILES string of the molecule is CCOc1c(I)cc(/C=C(\C#N)C(=O)n2nc(C)cc2C)cc1OC. The smallest absolute Gasteiger partial charge is 0.289 e. The minimum atomic E-state index is -0.462. The van der Waals surface area contributed by atoms with Crippen molar-refractivity contribution in [3.8, 4) is 17.6 Å². The number of hydrogen-bond acceptors (Lipinski definition) is 5. The maximum atomic E-state index is 12.6. The molecule has 0 aliphatic carbocycles. The number of rotatable bonds is 5. The summed E-state index contributed by atoms with van der Waals surface area (Å²) >= 11 is 2.14. The molecule has 2 aromatic rings. The van der Waals surface area contributed by atoms with E-state index in [-0.39, 0.29) is 5.57 Å². The Morgan fingerprint density at radius 3 is 2.64 bits per heavy atom. The third-order valence-corrected chi connectivity index (χ3v) is 4.21. The zero-order chi connectivity index (χ0) is 18.6. The van der Waals surface area contributed by atoms with Crippen molar-refractivity contribution in [3.05, 3.63) is 44.3 Å². The lowest BCUT2D eigenvalue weighted by Crippen LogP contribution is -2.15. The van der Waals surface area contributed by atoms with Gasteiger partial charge in [0.2, 0.25) is 0 Å². The van der Waals surface area contributed by atoms with Crippen LogP contribution in [0.3, 0.4) is 0 Å². The highest BCUT2D eigenvalue weighted by Gasteiger charge is 2.17. The van der Waals surface area contributed by atoms with E-state index in [9.17, 15) is 10.1 Å². The molecule has 25 heavy (non-hydrogen) atoms. The van der Waals surface area contributed by atoms with E-state index in [0.717, 1.165) is 9.26 Å². The third-order valence-electron chi connectivity index (χ3n) is 3.40. The minimum absolute atomic E-state index is 0.00628. The Morgan fingerprint density at radius 1 is 1.40 bits per heavy atom. The Hall–Kier alpha value is -2.34. The van der Waals surface area contributed by atoms with E-state index in [1.807, 2.05) is 19.1 Å². The molecule has 0 bridgehead atoms. The largest absolute Gasteiger partial charge is 0.493 e. The van der Waals surface area contributed by atoms with Crippen molar-refractivity contribution < 1.29 is 14.3 Å². The predicted octanol–water partition coefficient (Wildman–Crippen LogP) is 3.76. The topological polar surface area (TPSA) is 77.1 Å². The van der Waals surface area contributed by atoms with E-state index in [1.54, 1.807) is 33.1 Å². The number of aryl methyl sites for hydroxylation is 2. The Labute approximate surface area is 160 Å². The van der Waals surface area contributed by atoms with Crippen LogP contribution in [0.5, 0.6) is 11.5 Å². The first-order valence-electron chi connectivity index (χ1n) is 7.61. The molecule has 2 rings (SSSR count). The zero-order valence-corrected chi connectivity index (χ0v) is 16.6. The van der Waals surface area contributed by atoms with E-state index >= 15 is 0 Å². The van der Waals surface area contributed by atoms with Gasteiger partial charge < -0.3 is 9.47 Å². The molecular formula is C18H18IN3O3. The van der Waals surface area contributed by atoms with E-state index in [1.165, 1.54) is 10.8 Å². The molecule has 0 amide bonds. The summed E-state index contributed by atoms with van der Waals surface area (Å²) in [6, 6.07) is 7.31. The van der Waals surface area contributed by atoms with Crippen LogP contribution in [0.4, 0.5) is 0 Å². The summed E-state index contributed by atoms with van der Waals surface area (Å²) in [6.45, 7) is 5.98. The highest BCUT2D eigenvalue weighted by Crippen LogP contribution is 2.34. The quantitative estimate of drug-likeness (QED) is 0.393. The zero-order valence-electron chi connectivity index (χ0n) is 14.5. The van der Waals surface area contributed by atoms with Crippen LogP contribution in [0.1, 0.15) is 28.7 Å². The first kappa shape index (κ1) is 19.0. The predicted molar refractivity (Wildman–Crippen MR) is 103 cm³/mol. The fourth-order valence-electron chi connectivity index (χ4n) is 2.36. The van der Waals surface area contributed by atoms with Gasteiger partial charge in [0.25, 0.3) is 5.91 Å². The van der Waals surface area contributed by atoms with Gasteiger partial charge in [0.15, 0.2) is 11.5 Å². The number of carbonyl (C=O) groups is 1. The number of aromatic nitrogens is 2. The Kier molecular flexibility index (Phi) is 6.20.